The minimum Gasteiger partial charge on any atom is -0.447 e. The highest BCUT2D eigenvalue weighted by Gasteiger charge is 2.30. The van der Waals surface area contributed by atoms with Crippen LogP contribution in [0, 0.1) is 10.1 Å². The first-order valence-electron chi connectivity index (χ1n) is 8.51. The smallest absolute Gasteiger partial charge is 0.278 e. The predicted molar refractivity (Wildman–Crippen MR) is 114 cm³/mol. The summed E-state index contributed by atoms with van der Waals surface area (Å²) < 4.78 is 6.94. The number of nitrogens with one attached hydrogen (secondary N) is 1. The summed E-state index contributed by atoms with van der Waals surface area (Å²) in [4.78, 5) is 15.6. The van der Waals surface area contributed by atoms with Crippen LogP contribution in [0.5, 0.6) is 5.88 Å². The molecule has 2 aromatic carbocycles. The van der Waals surface area contributed by atoms with Crippen molar-refractivity contribution >= 4 is 39.1 Å². The van der Waals surface area contributed by atoms with Crippen molar-refractivity contribution in [2.75, 3.05) is 11.1 Å². The first kappa shape index (κ1) is 19.3. The number of nitro benzene ring substituents is 1. The molecule has 1 atom stereocenters. The number of para-hydroxylation sites is 1. The van der Waals surface area contributed by atoms with Gasteiger partial charge in [0.15, 0.2) is 5.69 Å². The van der Waals surface area contributed by atoms with Crippen LogP contribution < -0.4 is 10.1 Å². The van der Waals surface area contributed by atoms with Gasteiger partial charge < -0.3 is 10.1 Å². The first-order valence-corrected chi connectivity index (χ1v) is 10.3. The lowest BCUT2D eigenvalue weighted by atomic mass is 10.1. The average molecular weight is 472 g/mol. The molecule has 1 aliphatic rings. The molecule has 0 aliphatic carbocycles. The number of thioether (sulfide) groups is 1. The predicted octanol–water partition coefficient (Wildman–Crippen LogP) is 4.99. The summed E-state index contributed by atoms with van der Waals surface area (Å²) in [6, 6.07) is 12.0. The molecule has 0 saturated carbocycles. The number of rotatable bonds is 5. The van der Waals surface area contributed by atoms with Crippen LogP contribution >= 0.6 is 27.7 Å². The van der Waals surface area contributed by atoms with E-state index in [2.05, 4.69) is 43.0 Å². The molecule has 0 bridgehead atoms. The van der Waals surface area contributed by atoms with Gasteiger partial charge in [0.05, 0.1) is 10.5 Å². The highest BCUT2D eigenvalue weighted by atomic mass is 79.9. The zero-order chi connectivity index (χ0) is 20.4. The summed E-state index contributed by atoms with van der Waals surface area (Å²) in [6.45, 7) is 3.69. The Morgan fingerprint density at radius 3 is 2.93 bits per heavy atom. The van der Waals surface area contributed by atoms with E-state index in [0.717, 1.165) is 10.0 Å². The molecule has 29 heavy (non-hydrogen) atoms. The third-order valence-electron chi connectivity index (χ3n) is 4.13. The lowest BCUT2D eigenvalue weighted by Crippen LogP contribution is -2.18. The van der Waals surface area contributed by atoms with Crippen LogP contribution in [0.1, 0.15) is 11.8 Å². The van der Waals surface area contributed by atoms with E-state index in [1.54, 1.807) is 24.3 Å². The number of ether oxygens (including phenoxy) is 1. The molecule has 1 N–H and O–H groups in total. The Kier molecular flexibility index (Phi) is 5.45. The molecule has 0 spiro atoms. The van der Waals surface area contributed by atoms with Gasteiger partial charge in [-0.2, -0.15) is 4.98 Å². The van der Waals surface area contributed by atoms with Crippen LogP contribution in [0.4, 0.5) is 11.4 Å². The van der Waals surface area contributed by atoms with Crippen LogP contribution in [0.3, 0.4) is 0 Å². The third-order valence-corrected chi connectivity index (χ3v) is 5.46. The minimum absolute atomic E-state index is 0.0459. The van der Waals surface area contributed by atoms with Crippen molar-refractivity contribution in [2.24, 2.45) is 0 Å². The monoisotopic (exact) mass is 471 g/mol. The van der Waals surface area contributed by atoms with Crippen LogP contribution in [-0.2, 0) is 0 Å². The van der Waals surface area contributed by atoms with Crippen LogP contribution in [0.2, 0.25) is 0 Å². The number of nitrogens with zero attached hydrogens (tertiary/aromatic N) is 4. The Labute approximate surface area is 178 Å². The number of hydrogen-bond acceptors (Lipinski definition) is 8. The number of fused-ring (bicyclic) bond motifs is 3. The zero-order valence-corrected chi connectivity index (χ0v) is 17.3. The number of hydrogen-bond donors (Lipinski definition) is 1. The van der Waals surface area contributed by atoms with E-state index in [4.69, 9.17) is 4.74 Å². The summed E-state index contributed by atoms with van der Waals surface area (Å²) in [5, 5.41) is 23.7. The van der Waals surface area contributed by atoms with Crippen molar-refractivity contribution in [2.45, 2.75) is 11.4 Å². The fraction of sp³-hybridized carbons (Fsp3) is 0.105. The van der Waals surface area contributed by atoms with Crippen molar-refractivity contribution < 1.29 is 9.66 Å². The molecule has 0 radical (unpaired) electrons. The average Bonchev–Trinajstić information content (AvgIpc) is 2.88. The topological polar surface area (TPSA) is 103 Å². The maximum atomic E-state index is 11.5. The summed E-state index contributed by atoms with van der Waals surface area (Å²) in [5.74, 6) is 0.869. The van der Waals surface area contributed by atoms with E-state index in [1.165, 1.54) is 17.8 Å². The van der Waals surface area contributed by atoms with Gasteiger partial charge in [-0.05, 0) is 24.3 Å². The number of halogens is 1. The zero-order valence-electron chi connectivity index (χ0n) is 14.9. The van der Waals surface area contributed by atoms with Gasteiger partial charge in [0.2, 0.25) is 17.3 Å². The van der Waals surface area contributed by atoms with Crippen LogP contribution in [0.25, 0.3) is 11.3 Å². The lowest BCUT2D eigenvalue weighted by Gasteiger charge is -2.19. The second kappa shape index (κ2) is 8.18. The Bertz CT molecular complexity index is 1110. The van der Waals surface area contributed by atoms with Crippen LogP contribution in [0.15, 0.2) is 64.7 Å². The standard InChI is InChI=1S/C19H14BrN5O3S/c1-2-9-29-19-22-18-16(23-24-19)13-10-11(20)7-8-14(13)21-17(28-18)12-5-3-4-6-15(12)25(26)27/h2-8,10,17,21H,1,9H2. The van der Waals surface area contributed by atoms with Gasteiger partial charge in [-0.15, -0.1) is 16.8 Å². The second-order valence-corrected chi connectivity index (χ2v) is 7.90. The molecule has 1 unspecified atom stereocenters. The molecule has 0 amide bonds. The minimum atomic E-state index is -0.827. The molecule has 0 saturated heterocycles. The Morgan fingerprint density at radius 1 is 1.31 bits per heavy atom. The van der Waals surface area contributed by atoms with E-state index >= 15 is 0 Å². The molecular formula is C19H14BrN5O3S. The van der Waals surface area contributed by atoms with Gasteiger partial charge in [0.1, 0.15) is 0 Å². The maximum Gasteiger partial charge on any atom is 0.278 e. The number of nitro groups is 1. The molecule has 8 nitrogen and oxygen atoms in total. The van der Waals surface area contributed by atoms with Crippen molar-refractivity contribution in [3.63, 3.8) is 0 Å². The van der Waals surface area contributed by atoms with Gasteiger partial charge in [0.25, 0.3) is 5.69 Å². The van der Waals surface area contributed by atoms with Gasteiger partial charge in [0, 0.05) is 27.5 Å². The highest BCUT2D eigenvalue weighted by molar-refractivity contribution is 9.10. The molecule has 3 aromatic rings. The Balaban J connectivity index is 1.86. The van der Waals surface area contributed by atoms with Gasteiger partial charge in [-0.25, -0.2) is 0 Å². The number of anilines is 1. The maximum absolute atomic E-state index is 11.5. The summed E-state index contributed by atoms with van der Waals surface area (Å²) in [6.07, 6.45) is 0.914. The quantitative estimate of drug-likeness (QED) is 0.240. The van der Waals surface area contributed by atoms with E-state index in [0.29, 0.717) is 27.9 Å². The fourth-order valence-corrected chi connectivity index (χ4v) is 3.75. The summed E-state index contributed by atoms with van der Waals surface area (Å²) in [7, 11) is 0. The van der Waals surface area contributed by atoms with E-state index in [9.17, 15) is 10.1 Å². The summed E-state index contributed by atoms with van der Waals surface area (Å²) >= 11 is 4.83. The van der Waals surface area contributed by atoms with E-state index < -0.39 is 11.2 Å². The molecule has 1 aliphatic heterocycles. The second-order valence-electron chi connectivity index (χ2n) is 6.00. The molecule has 2 heterocycles. The number of benzene rings is 2. The highest BCUT2D eigenvalue weighted by Crippen LogP contribution is 2.42. The number of aromatic nitrogens is 3. The third kappa shape index (κ3) is 3.94. The van der Waals surface area contributed by atoms with Crippen molar-refractivity contribution in [1.82, 2.24) is 15.2 Å². The normalized spacial score (nSPS) is 14.6. The van der Waals surface area contributed by atoms with Crippen LogP contribution in [-0.4, -0.2) is 25.9 Å². The molecule has 0 fully saturated rings. The van der Waals surface area contributed by atoms with E-state index in [-0.39, 0.29) is 11.6 Å². The Hall–Kier alpha value is -2.98. The molecule has 1 aromatic heterocycles. The fourth-order valence-electron chi connectivity index (χ4n) is 2.88. The first-order chi connectivity index (χ1) is 14.1. The van der Waals surface area contributed by atoms with Gasteiger partial charge in [-0.1, -0.05) is 45.9 Å². The van der Waals surface area contributed by atoms with Crippen molar-refractivity contribution in [1.29, 1.82) is 0 Å². The summed E-state index contributed by atoms with van der Waals surface area (Å²) in [5.41, 5.74) is 2.24. The molecule has 10 heteroatoms. The van der Waals surface area contributed by atoms with E-state index in [1.807, 2.05) is 18.2 Å². The molecule has 4 rings (SSSR count). The Morgan fingerprint density at radius 2 is 2.14 bits per heavy atom. The van der Waals surface area contributed by atoms with Gasteiger partial charge in [-0.3, -0.25) is 10.1 Å². The largest absolute Gasteiger partial charge is 0.447 e. The van der Waals surface area contributed by atoms with Crippen molar-refractivity contribution in [3.05, 3.63) is 75.3 Å². The van der Waals surface area contributed by atoms with Crippen molar-refractivity contribution in [3.8, 4) is 17.1 Å². The molecule has 146 valence electrons. The van der Waals surface area contributed by atoms with Gasteiger partial charge >= 0.3 is 0 Å². The lowest BCUT2D eigenvalue weighted by molar-refractivity contribution is -0.386. The molecular weight excluding hydrogens is 458 g/mol. The SMILES string of the molecule is C=CCSc1nnc2c(n1)OC(c1ccccc1[N+](=O)[O-])Nc1ccc(Br)cc1-2.